The predicted octanol–water partition coefficient (Wildman–Crippen LogP) is 4.98. The first-order chi connectivity index (χ1) is 9.19. The second-order valence-corrected chi connectivity index (χ2v) is 7.77. The third kappa shape index (κ3) is 3.16. The molecule has 0 unspecified atom stereocenters. The number of hydrogen-bond acceptors (Lipinski definition) is 5. The van der Waals surface area contributed by atoms with E-state index in [-0.39, 0.29) is 0 Å². The van der Waals surface area contributed by atoms with Gasteiger partial charge in [0, 0.05) is 4.88 Å². The topological polar surface area (TPSA) is 52.3 Å². The SMILES string of the molecule is Cc1csc(-c2cc(N)c(C(=O)OC(C)(C)C)s2)c1Cl. The smallest absolute Gasteiger partial charge is 0.350 e. The number of nitrogen functional groups attached to an aromatic ring is 1. The maximum atomic E-state index is 12.1. The molecule has 2 aromatic heterocycles. The molecule has 0 saturated heterocycles. The van der Waals surface area contributed by atoms with Gasteiger partial charge in [0.2, 0.25) is 0 Å². The number of thiophene rings is 2. The van der Waals surface area contributed by atoms with Crippen LogP contribution in [0.3, 0.4) is 0 Å². The quantitative estimate of drug-likeness (QED) is 0.791. The summed E-state index contributed by atoms with van der Waals surface area (Å²) in [6.45, 7) is 7.44. The number of ether oxygens (including phenoxy) is 1. The van der Waals surface area contributed by atoms with E-state index in [1.165, 1.54) is 11.3 Å². The van der Waals surface area contributed by atoms with Gasteiger partial charge in [0.05, 0.1) is 15.6 Å². The molecule has 0 aromatic carbocycles. The summed E-state index contributed by atoms with van der Waals surface area (Å²) in [4.78, 5) is 14.4. The molecule has 2 aromatic rings. The number of rotatable bonds is 2. The Kier molecular flexibility index (Phi) is 4.14. The summed E-state index contributed by atoms with van der Waals surface area (Å²) < 4.78 is 5.35. The van der Waals surface area contributed by atoms with Crippen LogP contribution < -0.4 is 5.73 Å². The van der Waals surface area contributed by atoms with Crippen molar-refractivity contribution in [2.75, 3.05) is 5.73 Å². The monoisotopic (exact) mass is 329 g/mol. The maximum absolute atomic E-state index is 12.1. The molecule has 0 spiro atoms. The molecule has 0 aliphatic heterocycles. The lowest BCUT2D eigenvalue weighted by Gasteiger charge is -2.18. The highest BCUT2D eigenvalue weighted by Crippen LogP contribution is 2.42. The van der Waals surface area contributed by atoms with E-state index in [1.54, 1.807) is 17.4 Å². The normalized spacial score (nSPS) is 11.7. The molecular weight excluding hydrogens is 314 g/mol. The lowest BCUT2D eigenvalue weighted by molar-refractivity contribution is 0.00764. The van der Waals surface area contributed by atoms with E-state index in [0.717, 1.165) is 15.3 Å². The second kappa shape index (κ2) is 5.39. The van der Waals surface area contributed by atoms with Crippen molar-refractivity contribution < 1.29 is 9.53 Å². The zero-order chi connectivity index (χ0) is 15.1. The first-order valence-corrected chi connectivity index (χ1v) is 8.13. The highest BCUT2D eigenvalue weighted by Gasteiger charge is 2.23. The maximum Gasteiger partial charge on any atom is 0.350 e. The van der Waals surface area contributed by atoms with Crippen LogP contribution in [0.5, 0.6) is 0 Å². The van der Waals surface area contributed by atoms with Crippen LogP contribution in [0.15, 0.2) is 11.4 Å². The van der Waals surface area contributed by atoms with E-state index in [4.69, 9.17) is 22.1 Å². The lowest BCUT2D eigenvalue weighted by Crippen LogP contribution is -2.23. The van der Waals surface area contributed by atoms with Gasteiger partial charge in [-0.25, -0.2) is 4.79 Å². The zero-order valence-corrected chi connectivity index (χ0v) is 14.1. The molecule has 20 heavy (non-hydrogen) atoms. The van der Waals surface area contributed by atoms with Gasteiger partial charge < -0.3 is 10.5 Å². The molecule has 3 nitrogen and oxygen atoms in total. The van der Waals surface area contributed by atoms with Gasteiger partial charge in [-0.1, -0.05) is 11.6 Å². The summed E-state index contributed by atoms with van der Waals surface area (Å²) in [5.41, 5.74) is 6.85. The first kappa shape index (κ1) is 15.4. The van der Waals surface area contributed by atoms with E-state index in [1.807, 2.05) is 33.1 Å². The van der Waals surface area contributed by atoms with Gasteiger partial charge in [0.25, 0.3) is 0 Å². The molecule has 0 saturated carbocycles. The van der Waals surface area contributed by atoms with Crippen molar-refractivity contribution in [3.63, 3.8) is 0 Å². The van der Waals surface area contributed by atoms with Crippen molar-refractivity contribution in [2.24, 2.45) is 0 Å². The number of hydrogen-bond donors (Lipinski definition) is 1. The molecule has 0 atom stereocenters. The number of esters is 1. The van der Waals surface area contributed by atoms with Crippen molar-refractivity contribution >= 4 is 45.9 Å². The molecule has 0 radical (unpaired) electrons. The lowest BCUT2D eigenvalue weighted by atomic mass is 10.2. The largest absolute Gasteiger partial charge is 0.456 e. The fourth-order valence-electron chi connectivity index (χ4n) is 1.60. The summed E-state index contributed by atoms with van der Waals surface area (Å²) in [6.07, 6.45) is 0. The second-order valence-electron chi connectivity index (χ2n) is 5.46. The highest BCUT2D eigenvalue weighted by molar-refractivity contribution is 7.23. The van der Waals surface area contributed by atoms with Crippen molar-refractivity contribution in [1.29, 1.82) is 0 Å². The standard InChI is InChI=1S/C14H16ClNO2S2/c1-7-6-19-12(10(7)15)9-5-8(16)11(20-9)13(17)18-14(2,3)4/h5-6H,16H2,1-4H3. The summed E-state index contributed by atoms with van der Waals surface area (Å²) >= 11 is 9.11. The number of halogens is 1. The third-order valence-corrected chi connectivity index (χ3v) is 5.48. The van der Waals surface area contributed by atoms with Crippen molar-refractivity contribution in [3.05, 3.63) is 26.9 Å². The van der Waals surface area contributed by atoms with Gasteiger partial charge in [0.1, 0.15) is 10.5 Å². The van der Waals surface area contributed by atoms with E-state index in [2.05, 4.69) is 0 Å². The summed E-state index contributed by atoms with van der Waals surface area (Å²) in [5, 5.41) is 2.70. The minimum atomic E-state index is -0.537. The number of carbonyl (C=O) groups is 1. The molecule has 2 rings (SSSR count). The number of carbonyl (C=O) groups excluding carboxylic acids is 1. The average Bonchev–Trinajstić information content (AvgIpc) is 2.82. The summed E-state index contributed by atoms with van der Waals surface area (Å²) in [5.74, 6) is -0.393. The van der Waals surface area contributed by atoms with Gasteiger partial charge in [-0.15, -0.1) is 22.7 Å². The molecule has 2 N–H and O–H groups in total. The zero-order valence-electron chi connectivity index (χ0n) is 11.7. The van der Waals surface area contributed by atoms with Crippen LogP contribution in [0.25, 0.3) is 9.75 Å². The Hall–Kier alpha value is -1.04. The van der Waals surface area contributed by atoms with Crippen LogP contribution in [0, 0.1) is 6.92 Å². The van der Waals surface area contributed by atoms with Crippen LogP contribution in [0.2, 0.25) is 5.02 Å². The van der Waals surface area contributed by atoms with Crippen LogP contribution in [-0.2, 0) is 4.74 Å². The first-order valence-electron chi connectivity index (χ1n) is 6.05. The Balaban J connectivity index is 2.35. The van der Waals surface area contributed by atoms with Gasteiger partial charge in [-0.3, -0.25) is 0 Å². The molecule has 2 heterocycles. The Morgan fingerprint density at radius 2 is 2.05 bits per heavy atom. The van der Waals surface area contributed by atoms with E-state index >= 15 is 0 Å². The van der Waals surface area contributed by atoms with Gasteiger partial charge >= 0.3 is 5.97 Å². The summed E-state index contributed by atoms with van der Waals surface area (Å²) in [6, 6.07) is 1.78. The molecule has 108 valence electrons. The third-order valence-electron chi connectivity index (χ3n) is 2.47. The number of aryl methyl sites for hydroxylation is 1. The molecule has 0 fully saturated rings. The Morgan fingerprint density at radius 1 is 1.40 bits per heavy atom. The minimum absolute atomic E-state index is 0.393. The van der Waals surface area contributed by atoms with Gasteiger partial charge in [-0.2, -0.15) is 0 Å². The molecule has 0 aliphatic rings. The molecule has 0 bridgehead atoms. The fraction of sp³-hybridized carbons (Fsp3) is 0.357. The van der Waals surface area contributed by atoms with Gasteiger partial charge in [0.15, 0.2) is 0 Å². The number of nitrogens with two attached hydrogens (primary N) is 1. The highest BCUT2D eigenvalue weighted by atomic mass is 35.5. The Bertz CT molecular complexity index is 653. The van der Waals surface area contributed by atoms with Crippen LogP contribution in [0.1, 0.15) is 36.0 Å². The molecule has 0 aliphatic carbocycles. The molecular formula is C14H16ClNO2S2. The van der Waals surface area contributed by atoms with Crippen LogP contribution in [-0.4, -0.2) is 11.6 Å². The minimum Gasteiger partial charge on any atom is -0.456 e. The van der Waals surface area contributed by atoms with Crippen LogP contribution >= 0.6 is 34.3 Å². The molecule has 0 amide bonds. The number of anilines is 1. The van der Waals surface area contributed by atoms with Crippen molar-refractivity contribution in [2.45, 2.75) is 33.3 Å². The average molecular weight is 330 g/mol. The Labute approximate surface area is 131 Å². The van der Waals surface area contributed by atoms with E-state index in [0.29, 0.717) is 15.6 Å². The van der Waals surface area contributed by atoms with E-state index < -0.39 is 11.6 Å². The fourth-order valence-corrected chi connectivity index (χ4v) is 4.03. The van der Waals surface area contributed by atoms with Crippen molar-refractivity contribution in [3.8, 4) is 9.75 Å². The predicted molar refractivity (Wildman–Crippen MR) is 87.0 cm³/mol. The van der Waals surface area contributed by atoms with E-state index in [9.17, 15) is 4.79 Å². The molecule has 6 heteroatoms. The van der Waals surface area contributed by atoms with Gasteiger partial charge in [-0.05, 0) is 44.7 Å². The van der Waals surface area contributed by atoms with Crippen LogP contribution in [0.4, 0.5) is 5.69 Å². The summed E-state index contributed by atoms with van der Waals surface area (Å²) in [7, 11) is 0. The Morgan fingerprint density at radius 3 is 2.55 bits per heavy atom. The van der Waals surface area contributed by atoms with Crippen molar-refractivity contribution in [1.82, 2.24) is 0 Å².